The van der Waals surface area contributed by atoms with Gasteiger partial charge in [-0.05, 0) is 44.0 Å². The van der Waals surface area contributed by atoms with Crippen molar-refractivity contribution in [1.82, 2.24) is 9.88 Å². The van der Waals surface area contributed by atoms with Crippen LogP contribution in [0.2, 0.25) is 0 Å². The second kappa shape index (κ2) is 5.21. The molecule has 1 aliphatic carbocycles. The lowest BCUT2D eigenvalue weighted by atomic mass is 10.1. The van der Waals surface area contributed by atoms with E-state index in [2.05, 4.69) is 4.98 Å². The molecule has 1 fully saturated rings. The van der Waals surface area contributed by atoms with Crippen LogP contribution in [0.4, 0.5) is 0 Å². The maximum Gasteiger partial charge on any atom is 0.254 e. The molecule has 0 atom stereocenters. The summed E-state index contributed by atoms with van der Waals surface area (Å²) in [6.07, 6.45) is 2.08. The second-order valence-electron chi connectivity index (χ2n) is 5.31. The maximum atomic E-state index is 12.5. The number of carbonyl (C=O) groups is 1. The third-order valence-electron chi connectivity index (χ3n) is 3.66. The molecule has 1 aromatic heterocycles. The number of nitrogens with zero attached hydrogens (tertiary/aromatic N) is 2. The van der Waals surface area contributed by atoms with Crippen LogP contribution >= 0.6 is 0 Å². The molecule has 3 rings (SSSR count). The number of hydrogen-bond acceptors (Lipinski definition) is 3. The summed E-state index contributed by atoms with van der Waals surface area (Å²) in [5.41, 5.74) is 2.54. The zero-order valence-corrected chi connectivity index (χ0v) is 11.5. The quantitative estimate of drug-likeness (QED) is 0.926. The van der Waals surface area contributed by atoms with E-state index in [1.165, 1.54) is 0 Å². The lowest BCUT2D eigenvalue weighted by molar-refractivity contribution is 0.0708. The van der Waals surface area contributed by atoms with E-state index >= 15 is 0 Å². The summed E-state index contributed by atoms with van der Waals surface area (Å²) >= 11 is 0. The van der Waals surface area contributed by atoms with Crippen LogP contribution in [0.1, 0.15) is 28.9 Å². The molecule has 20 heavy (non-hydrogen) atoms. The van der Waals surface area contributed by atoms with Gasteiger partial charge in [0.25, 0.3) is 5.91 Å². The van der Waals surface area contributed by atoms with Gasteiger partial charge in [0.05, 0.1) is 12.1 Å². The molecule has 1 N–H and O–H groups in total. The standard InChI is InChI=1S/C16H18N2O2/c1-11-2-3-12-10-13(4-7-15(12)17-11)16(20)18(8-9-19)14-5-6-14/h2-4,7,10,14,19H,5-6,8-9H2,1H3. The third kappa shape index (κ3) is 2.51. The van der Waals surface area contributed by atoms with Crippen molar-refractivity contribution < 1.29 is 9.90 Å². The Morgan fingerprint density at radius 3 is 2.85 bits per heavy atom. The number of aliphatic hydroxyl groups is 1. The van der Waals surface area contributed by atoms with Gasteiger partial charge in [-0.25, -0.2) is 0 Å². The fourth-order valence-electron chi connectivity index (χ4n) is 2.47. The van der Waals surface area contributed by atoms with Crippen molar-refractivity contribution in [2.45, 2.75) is 25.8 Å². The van der Waals surface area contributed by atoms with Crippen LogP contribution in [0.3, 0.4) is 0 Å². The fourth-order valence-corrected chi connectivity index (χ4v) is 2.47. The van der Waals surface area contributed by atoms with E-state index in [0.29, 0.717) is 18.2 Å². The van der Waals surface area contributed by atoms with Crippen LogP contribution in [-0.2, 0) is 0 Å². The summed E-state index contributed by atoms with van der Waals surface area (Å²) in [5, 5.41) is 10.1. The molecule has 4 heteroatoms. The summed E-state index contributed by atoms with van der Waals surface area (Å²) in [6, 6.07) is 9.84. The molecule has 1 aliphatic rings. The lowest BCUT2D eigenvalue weighted by Crippen LogP contribution is -2.35. The van der Waals surface area contributed by atoms with Gasteiger partial charge in [0.2, 0.25) is 0 Å². The minimum absolute atomic E-state index is 0.00373. The Morgan fingerprint density at radius 1 is 1.35 bits per heavy atom. The van der Waals surface area contributed by atoms with Gasteiger partial charge in [-0.1, -0.05) is 6.07 Å². The van der Waals surface area contributed by atoms with Crippen molar-refractivity contribution in [3.05, 3.63) is 41.6 Å². The zero-order valence-electron chi connectivity index (χ0n) is 11.5. The number of aryl methyl sites for hydroxylation is 1. The molecule has 0 radical (unpaired) electrons. The molecule has 1 aromatic carbocycles. The molecule has 1 heterocycles. The van der Waals surface area contributed by atoms with Crippen LogP contribution in [0.25, 0.3) is 10.9 Å². The Labute approximate surface area is 118 Å². The minimum Gasteiger partial charge on any atom is -0.395 e. The van der Waals surface area contributed by atoms with Crippen molar-refractivity contribution in [3.8, 4) is 0 Å². The van der Waals surface area contributed by atoms with Crippen molar-refractivity contribution in [1.29, 1.82) is 0 Å². The molecule has 0 bridgehead atoms. The Hall–Kier alpha value is -1.94. The maximum absolute atomic E-state index is 12.5. The fraction of sp³-hybridized carbons (Fsp3) is 0.375. The van der Waals surface area contributed by atoms with Crippen molar-refractivity contribution in [3.63, 3.8) is 0 Å². The smallest absolute Gasteiger partial charge is 0.254 e. The second-order valence-corrected chi connectivity index (χ2v) is 5.31. The van der Waals surface area contributed by atoms with E-state index in [1.807, 2.05) is 37.3 Å². The zero-order chi connectivity index (χ0) is 14.1. The van der Waals surface area contributed by atoms with E-state index in [4.69, 9.17) is 5.11 Å². The summed E-state index contributed by atoms with van der Waals surface area (Å²) in [7, 11) is 0. The highest BCUT2D eigenvalue weighted by Crippen LogP contribution is 2.28. The molecule has 0 aliphatic heterocycles. The first kappa shape index (κ1) is 13.1. The van der Waals surface area contributed by atoms with Gasteiger partial charge in [-0.15, -0.1) is 0 Å². The van der Waals surface area contributed by atoms with Gasteiger partial charge in [-0.2, -0.15) is 0 Å². The predicted molar refractivity (Wildman–Crippen MR) is 77.6 cm³/mol. The van der Waals surface area contributed by atoms with Gasteiger partial charge >= 0.3 is 0 Å². The SMILES string of the molecule is Cc1ccc2cc(C(=O)N(CCO)C3CC3)ccc2n1. The number of carbonyl (C=O) groups excluding carboxylic acids is 1. The van der Waals surface area contributed by atoms with E-state index < -0.39 is 0 Å². The van der Waals surface area contributed by atoms with Gasteiger partial charge in [0, 0.05) is 29.2 Å². The average Bonchev–Trinajstić information content (AvgIpc) is 3.28. The van der Waals surface area contributed by atoms with Gasteiger partial charge in [-0.3, -0.25) is 9.78 Å². The molecular weight excluding hydrogens is 252 g/mol. The molecule has 2 aromatic rings. The van der Waals surface area contributed by atoms with Crippen LogP contribution in [-0.4, -0.2) is 40.1 Å². The average molecular weight is 270 g/mol. The monoisotopic (exact) mass is 270 g/mol. The minimum atomic E-state index is 0.00373. The highest BCUT2D eigenvalue weighted by molar-refractivity contribution is 5.98. The summed E-state index contributed by atoms with van der Waals surface area (Å²) in [5.74, 6) is 0.00373. The van der Waals surface area contributed by atoms with E-state index in [0.717, 1.165) is 29.4 Å². The van der Waals surface area contributed by atoms with Crippen molar-refractivity contribution >= 4 is 16.8 Å². The first-order chi connectivity index (χ1) is 9.69. The summed E-state index contributed by atoms with van der Waals surface area (Å²) in [4.78, 5) is 18.7. The van der Waals surface area contributed by atoms with Crippen LogP contribution in [0.5, 0.6) is 0 Å². The van der Waals surface area contributed by atoms with E-state index in [1.54, 1.807) is 4.90 Å². The molecule has 0 unspecified atom stereocenters. The third-order valence-corrected chi connectivity index (χ3v) is 3.66. The normalized spacial score (nSPS) is 14.5. The number of pyridine rings is 1. The lowest BCUT2D eigenvalue weighted by Gasteiger charge is -2.21. The molecule has 0 saturated heterocycles. The number of amides is 1. The molecule has 1 amide bonds. The van der Waals surface area contributed by atoms with E-state index in [-0.39, 0.29) is 12.5 Å². The Bertz CT molecular complexity index is 650. The number of fused-ring (bicyclic) bond motifs is 1. The van der Waals surface area contributed by atoms with Crippen LogP contribution in [0, 0.1) is 6.92 Å². The van der Waals surface area contributed by atoms with Crippen molar-refractivity contribution in [2.24, 2.45) is 0 Å². The highest BCUT2D eigenvalue weighted by atomic mass is 16.3. The van der Waals surface area contributed by atoms with E-state index in [9.17, 15) is 4.79 Å². The molecular formula is C16H18N2O2. The topological polar surface area (TPSA) is 53.4 Å². The van der Waals surface area contributed by atoms with Gasteiger partial charge in [0.1, 0.15) is 0 Å². The van der Waals surface area contributed by atoms with Crippen LogP contribution < -0.4 is 0 Å². The largest absolute Gasteiger partial charge is 0.395 e. The first-order valence-electron chi connectivity index (χ1n) is 6.98. The molecule has 0 spiro atoms. The number of aliphatic hydroxyl groups excluding tert-OH is 1. The van der Waals surface area contributed by atoms with Gasteiger partial charge < -0.3 is 10.0 Å². The number of benzene rings is 1. The molecule has 1 saturated carbocycles. The molecule has 4 nitrogen and oxygen atoms in total. The number of aromatic nitrogens is 1. The molecule has 104 valence electrons. The summed E-state index contributed by atoms with van der Waals surface area (Å²) in [6.45, 7) is 2.37. The Kier molecular flexibility index (Phi) is 3.40. The Morgan fingerprint density at radius 2 is 2.15 bits per heavy atom. The first-order valence-corrected chi connectivity index (χ1v) is 6.98. The van der Waals surface area contributed by atoms with Gasteiger partial charge in [0.15, 0.2) is 0 Å². The summed E-state index contributed by atoms with van der Waals surface area (Å²) < 4.78 is 0. The van der Waals surface area contributed by atoms with Crippen LogP contribution in [0.15, 0.2) is 30.3 Å². The Balaban J connectivity index is 1.92. The van der Waals surface area contributed by atoms with Crippen molar-refractivity contribution in [2.75, 3.05) is 13.2 Å². The number of hydrogen-bond donors (Lipinski definition) is 1. The highest BCUT2D eigenvalue weighted by Gasteiger charge is 2.32. The number of rotatable bonds is 4. The predicted octanol–water partition coefficient (Wildman–Crippen LogP) is 2.14.